The van der Waals surface area contributed by atoms with E-state index in [2.05, 4.69) is 24.5 Å². The quantitative estimate of drug-likeness (QED) is 0.705. The Morgan fingerprint density at radius 2 is 2.11 bits per heavy atom. The van der Waals surface area contributed by atoms with Gasteiger partial charge in [-0.3, -0.25) is 0 Å². The lowest BCUT2D eigenvalue weighted by Crippen LogP contribution is -2.51. The maximum atomic E-state index is 11.8. The van der Waals surface area contributed by atoms with Crippen molar-refractivity contribution in [1.82, 2.24) is 10.6 Å². The summed E-state index contributed by atoms with van der Waals surface area (Å²) in [6.45, 7) is 4.25. The normalized spacial score (nSPS) is 23.4. The van der Waals surface area contributed by atoms with E-state index in [-0.39, 0.29) is 24.0 Å². The molecule has 2 atom stereocenters. The van der Waals surface area contributed by atoms with Crippen LogP contribution in [0.2, 0.25) is 0 Å². The van der Waals surface area contributed by atoms with Crippen molar-refractivity contribution in [2.45, 2.75) is 51.7 Å². The number of carboxylic acids is 1. The molecule has 0 aliphatic heterocycles. The fraction of sp³-hybridized carbons (Fsp3) is 0.846. The summed E-state index contributed by atoms with van der Waals surface area (Å²) in [4.78, 5) is 22.5. The summed E-state index contributed by atoms with van der Waals surface area (Å²) >= 11 is 0. The first kappa shape index (κ1) is 15.8. The number of ether oxygens (including phenoxy) is 1. The van der Waals surface area contributed by atoms with Gasteiger partial charge in [0.2, 0.25) is 0 Å². The molecule has 2 unspecified atom stereocenters. The number of amides is 2. The molecule has 6 nitrogen and oxygen atoms in total. The fourth-order valence-corrected chi connectivity index (χ4v) is 2.43. The first-order chi connectivity index (χ1) is 8.86. The molecule has 1 aliphatic carbocycles. The van der Waals surface area contributed by atoms with Crippen LogP contribution in [0.25, 0.3) is 0 Å². The Hall–Kier alpha value is -1.30. The number of hydrogen-bond acceptors (Lipinski definition) is 3. The lowest BCUT2D eigenvalue weighted by atomic mass is 9.73. The van der Waals surface area contributed by atoms with E-state index in [9.17, 15) is 9.59 Å². The van der Waals surface area contributed by atoms with Gasteiger partial charge in [-0.25, -0.2) is 9.59 Å². The standard InChI is InChI=1S/C13H24N2O4/c1-13(2)7-5-4-6-10(13)15-12(18)14-8-9(19-3)11(16)17/h9-10H,4-8H2,1-3H3,(H,16,17)(H2,14,15,18). The highest BCUT2D eigenvalue weighted by atomic mass is 16.5. The monoisotopic (exact) mass is 272 g/mol. The Bertz CT molecular complexity index is 331. The van der Waals surface area contributed by atoms with Gasteiger partial charge in [0.1, 0.15) is 0 Å². The third-order valence-corrected chi connectivity index (χ3v) is 3.82. The molecular weight excluding hydrogens is 248 g/mol. The molecule has 1 saturated carbocycles. The summed E-state index contributed by atoms with van der Waals surface area (Å²) in [5.74, 6) is -1.08. The van der Waals surface area contributed by atoms with Crippen molar-refractivity contribution < 1.29 is 19.4 Å². The SMILES string of the molecule is COC(CNC(=O)NC1CCCCC1(C)C)C(=O)O. The van der Waals surface area contributed by atoms with E-state index in [0.29, 0.717) is 0 Å². The number of carbonyl (C=O) groups excluding carboxylic acids is 1. The van der Waals surface area contributed by atoms with Gasteiger partial charge < -0.3 is 20.5 Å². The van der Waals surface area contributed by atoms with E-state index in [1.54, 1.807) is 0 Å². The van der Waals surface area contributed by atoms with Gasteiger partial charge in [0.15, 0.2) is 6.10 Å². The lowest BCUT2D eigenvalue weighted by Gasteiger charge is -2.39. The molecule has 0 spiro atoms. The number of methoxy groups -OCH3 is 1. The van der Waals surface area contributed by atoms with Crippen LogP contribution in [0.4, 0.5) is 4.79 Å². The minimum absolute atomic E-state index is 0.0369. The van der Waals surface area contributed by atoms with E-state index in [1.165, 1.54) is 13.5 Å². The van der Waals surface area contributed by atoms with E-state index >= 15 is 0 Å². The van der Waals surface area contributed by atoms with E-state index < -0.39 is 12.1 Å². The Labute approximate surface area is 113 Å². The molecule has 0 bridgehead atoms. The van der Waals surface area contributed by atoms with Crippen molar-refractivity contribution in [2.24, 2.45) is 5.41 Å². The molecule has 0 radical (unpaired) electrons. The van der Waals surface area contributed by atoms with Gasteiger partial charge >= 0.3 is 12.0 Å². The van der Waals surface area contributed by atoms with Gasteiger partial charge in [0.05, 0.1) is 6.54 Å². The molecular formula is C13H24N2O4. The zero-order valence-electron chi connectivity index (χ0n) is 11.9. The summed E-state index contributed by atoms with van der Waals surface area (Å²) in [5.41, 5.74) is 0.0864. The molecule has 0 heterocycles. The van der Waals surface area contributed by atoms with E-state index in [4.69, 9.17) is 9.84 Å². The van der Waals surface area contributed by atoms with Crippen molar-refractivity contribution in [3.05, 3.63) is 0 Å². The Morgan fingerprint density at radius 1 is 1.42 bits per heavy atom. The number of aliphatic carboxylic acids is 1. The zero-order chi connectivity index (χ0) is 14.5. The second-order valence-electron chi connectivity index (χ2n) is 5.70. The van der Waals surface area contributed by atoms with Gasteiger partial charge in [0.25, 0.3) is 0 Å². The molecule has 2 amide bonds. The molecule has 1 aliphatic rings. The van der Waals surface area contributed by atoms with Crippen LogP contribution >= 0.6 is 0 Å². The Morgan fingerprint density at radius 3 is 2.63 bits per heavy atom. The van der Waals surface area contributed by atoms with E-state index in [1.807, 2.05) is 0 Å². The topological polar surface area (TPSA) is 87.7 Å². The van der Waals surface area contributed by atoms with Crippen LogP contribution in [-0.2, 0) is 9.53 Å². The predicted octanol–water partition coefficient (Wildman–Crippen LogP) is 1.35. The van der Waals surface area contributed by atoms with Crippen LogP contribution in [0.15, 0.2) is 0 Å². The molecule has 0 aromatic heterocycles. The van der Waals surface area contributed by atoms with Crippen molar-refractivity contribution in [1.29, 1.82) is 0 Å². The number of hydrogen-bond donors (Lipinski definition) is 3. The minimum Gasteiger partial charge on any atom is -0.479 e. The van der Waals surface area contributed by atoms with Crippen LogP contribution in [0.1, 0.15) is 39.5 Å². The van der Waals surface area contributed by atoms with Crippen LogP contribution < -0.4 is 10.6 Å². The van der Waals surface area contributed by atoms with Gasteiger partial charge in [-0.05, 0) is 18.3 Å². The van der Waals surface area contributed by atoms with Gasteiger partial charge in [-0.15, -0.1) is 0 Å². The summed E-state index contributed by atoms with van der Waals surface area (Å²) in [6.07, 6.45) is 3.35. The van der Waals surface area contributed by atoms with Crippen LogP contribution in [-0.4, -0.2) is 42.9 Å². The third-order valence-electron chi connectivity index (χ3n) is 3.82. The Balaban J connectivity index is 2.40. The van der Waals surface area contributed by atoms with Gasteiger partial charge in [-0.2, -0.15) is 0 Å². The highest BCUT2D eigenvalue weighted by Gasteiger charge is 2.33. The maximum Gasteiger partial charge on any atom is 0.334 e. The number of urea groups is 1. The maximum absolute atomic E-state index is 11.8. The van der Waals surface area contributed by atoms with Crippen LogP contribution in [0.5, 0.6) is 0 Å². The molecule has 6 heteroatoms. The Kier molecular flexibility index (Phi) is 5.60. The van der Waals surface area contributed by atoms with Crippen molar-refractivity contribution in [2.75, 3.05) is 13.7 Å². The number of nitrogens with one attached hydrogen (secondary N) is 2. The minimum atomic E-state index is -1.08. The number of carbonyl (C=O) groups is 2. The highest BCUT2D eigenvalue weighted by Crippen LogP contribution is 2.35. The first-order valence-corrected chi connectivity index (χ1v) is 6.67. The zero-order valence-corrected chi connectivity index (χ0v) is 11.9. The van der Waals surface area contributed by atoms with Crippen molar-refractivity contribution >= 4 is 12.0 Å². The highest BCUT2D eigenvalue weighted by molar-refractivity contribution is 5.77. The van der Waals surface area contributed by atoms with Crippen LogP contribution in [0, 0.1) is 5.41 Å². The second kappa shape index (κ2) is 6.75. The van der Waals surface area contributed by atoms with Gasteiger partial charge in [0, 0.05) is 13.2 Å². The molecule has 19 heavy (non-hydrogen) atoms. The van der Waals surface area contributed by atoms with Crippen molar-refractivity contribution in [3.63, 3.8) is 0 Å². The van der Waals surface area contributed by atoms with Gasteiger partial charge in [-0.1, -0.05) is 26.7 Å². The largest absolute Gasteiger partial charge is 0.479 e. The van der Waals surface area contributed by atoms with Crippen molar-refractivity contribution in [3.8, 4) is 0 Å². The smallest absolute Gasteiger partial charge is 0.334 e. The molecule has 1 rings (SSSR count). The molecule has 0 aromatic rings. The lowest BCUT2D eigenvalue weighted by molar-refractivity contribution is -0.147. The molecule has 3 N–H and O–H groups in total. The first-order valence-electron chi connectivity index (χ1n) is 6.67. The third kappa shape index (κ3) is 4.70. The summed E-state index contributed by atoms with van der Waals surface area (Å²) in [5, 5.41) is 14.3. The summed E-state index contributed by atoms with van der Waals surface area (Å²) in [7, 11) is 1.31. The summed E-state index contributed by atoms with van der Waals surface area (Å²) in [6, 6.07) is -0.199. The molecule has 0 aromatic carbocycles. The van der Waals surface area contributed by atoms with Crippen LogP contribution in [0.3, 0.4) is 0 Å². The number of rotatable bonds is 5. The number of carboxylic acid groups (broad SMARTS) is 1. The average molecular weight is 272 g/mol. The average Bonchev–Trinajstić information content (AvgIpc) is 2.32. The fourth-order valence-electron chi connectivity index (χ4n) is 2.43. The molecule has 0 saturated heterocycles. The molecule has 1 fully saturated rings. The predicted molar refractivity (Wildman–Crippen MR) is 71.0 cm³/mol. The van der Waals surface area contributed by atoms with E-state index in [0.717, 1.165) is 19.3 Å². The second-order valence-corrected chi connectivity index (χ2v) is 5.70. The summed E-state index contributed by atoms with van der Waals surface area (Å²) < 4.78 is 4.75. The molecule has 110 valence electrons.